The van der Waals surface area contributed by atoms with Gasteiger partial charge >= 0.3 is 0 Å². The second kappa shape index (κ2) is 9.01. The van der Waals surface area contributed by atoms with E-state index in [-0.39, 0.29) is 11.8 Å². The zero-order valence-electron chi connectivity index (χ0n) is 16.1. The van der Waals surface area contributed by atoms with E-state index in [0.717, 1.165) is 0 Å². The second-order valence-electron chi connectivity index (χ2n) is 6.51. The Morgan fingerprint density at radius 1 is 1.10 bits per heavy atom. The lowest BCUT2D eigenvalue weighted by Crippen LogP contribution is -2.19. The third kappa shape index (κ3) is 5.02. The molecular formula is C22H15Cl2N3O3S. The molecule has 1 aliphatic heterocycles. The Labute approximate surface area is 192 Å². The van der Waals surface area contributed by atoms with Crippen LogP contribution in [0.1, 0.15) is 12.7 Å². The first-order valence-electron chi connectivity index (χ1n) is 9.10. The standard InChI is InChI=1S/C22H15Cl2N3O3S/c1-12(28)25-13-5-7-14(8-6-13)26-22-27-21(29)19(31-22)11-15-9-10-18(30-15)20-16(23)3-2-4-17(20)24/h2-11H,1H3,(H,25,28)(H,26,27,29)/b19-11+. The molecule has 0 radical (unpaired) electrons. The highest BCUT2D eigenvalue weighted by Gasteiger charge is 2.24. The number of carbonyl (C=O) groups is 2. The maximum atomic E-state index is 12.3. The van der Waals surface area contributed by atoms with Crippen LogP contribution in [0.2, 0.25) is 10.0 Å². The number of hydrogen-bond acceptors (Lipinski definition) is 5. The Balaban J connectivity index is 1.52. The Hall–Kier alpha value is -3.00. The molecule has 2 heterocycles. The molecule has 1 aliphatic rings. The zero-order chi connectivity index (χ0) is 22.0. The van der Waals surface area contributed by atoms with Crippen LogP contribution in [0.3, 0.4) is 0 Å². The number of thioether (sulfide) groups is 1. The van der Waals surface area contributed by atoms with Crippen molar-refractivity contribution in [1.82, 2.24) is 5.32 Å². The van der Waals surface area contributed by atoms with Crippen molar-refractivity contribution in [3.63, 3.8) is 0 Å². The average Bonchev–Trinajstić information content (AvgIpc) is 3.30. The minimum Gasteiger partial charge on any atom is -0.457 e. The minimum absolute atomic E-state index is 0.148. The van der Waals surface area contributed by atoms with E-state index >= 15 is 0 Å². The summed E-state index contributed by atoms with van der Waals surface area (Å²) in [6, 6.07) is 15.7. The van der Waals surface area contributed by atoms with Gasteiger partial charge in [0.1, 0.15) is 11.5 Å². The van der Waals surface area contributed by atoms with E-state index in [0.29, 0.717) is 48.6 Å². The number of benzene rings is 2. The molecule has 0 bridgehead atoms. The SMILES string of the molecule is CC(=O)Nc1ccc(N=C2NC(=O)/C(=C\c3ccc(-c4c(Cl)cccc4Cl)o3)S2)cc1. The summed E-state index contributed by atoms with van der Waals surface area (Å²) in [6.07, 6.45) is 1.64. The number of furan rings is 1. The van der Waals surface area contributed by atoms with E-state index in [1.54, 1.807) is 60.7 Å². The van der Waals surface area contributed by atoms with Crippen LogP contribution in [0.15, 0.2) is 68.9 Å². The second-order valence-corrected chi connectivity index (χ2v) is 8.35. The lowest BCUT2D eigenvalue weighted by Gasteiger charge is -2.02. The Morgan fingerprint density at radius 3 is 2.48 bits per heavy atom. The fraction of sp³-hybridized carbons (Fsp3) is 0.0455. The summed E-state index contributed by atoms with van der Waals surface area (Å²) >= 11 is 13.7. The Bertz CT molecular complexity index is 1210. The fourth-order valence-electron chi connectivity index (χ4n) is 2.85. The predicted molar refractivity (Wildman–Crippen MR) is 126 cm³/mol. The molecule has 0 spiro atoms. The van der Waals surface area contributed by atoms with Crippen molar-refractivity contribution in [2.45, 2.75) is 6.92 Å². The average molecular weight is 472 g/mol. The first-order chi connectivity index (χ1) is 14.9. The number of hydrogen-bond donors (Lipinski definition) is 2. The van der Waals surface area contributed by atoms with E-state index in [4.69, 9.17) is 27.6 Å². The predicted octanol–water partition coefficient (Wildman–Crippen LogP) is 6.10. The van der Waals surface area contributed by atoms with Gasteiger partial charge in [0.2, 0.25) is 5.91 Å². The van der Waals surface area contributed by atoms with Gasteiger partial charge in [-0.15, -0.1) is 0 Å². The fourth-order valence-corrected chi connectivity index (χ4v) is 4.25. The summed E-state index contributed by atoms with van der Waals surface area (Å²) in [5.41, 5.74) is 1.92. The number of carbonyl (C=O) groups excluding carboxylic acids is 2. The molecule has 0 atom stereocenters. The molecule has 2 N–H and O–H groups in total. The monoisotopic (exact) mass is 471 g/mol. The molecular weight excluding hydrogens is 457 g/mol. The van der Waals surface area contributed by atoms with E-state index in [1.807, 2.05) is 0 Å². The van der Waals surface area contributed by atoms with Gasteiger partial charge in [0, 0.05) is 18.7 Å². The van der Waals surface area contributed by atoms with Crippen LogP contribution >= 0.6 is 35.0 Å². The van der Waals surface area contributed by atoms with Crippen LogP contribution in [-0.2, 0) is 9.59 Å². The first-order valence-corrected chi connectivity index (χ1v) is 10.7. The van der Waals surface area contributed by atoms with Crippen LogP contribution in [0.5, 0.6) is 0 Å². The van der Waals surface area contributed by atoms with Crippen LogP contribution in [0.4, 0.5) is 11.4 Å². The quantitative estimate of drug-likeness (QED) is 0.450. The minimum atomic E-state index is -0.271. The molecule has 4 rings (SSSR count). The highest BCUT2D eigenvalue weighted by atomic mass is 35.5. The summed E-state index contributed by atoms with van der Waals surface area (Å²) in [5.74, 6) is 0.584. The zero-order valence-corrected chi connectivity index (χ0v) is 18.4. The first kappa shape index (κ1) is 21.2. The van der Waals surface area contributed by atoms with Gasteiger partial charge in [0.25, 0.3) is 5.91 Å². The van der Waals surface area contributed by atoms with Gasteiger partial charge in [-0.25, -0.2) is 4.99 Å². The molecule has 0 aliphatic carbocycles. The number of halogens is 2. The van der Waals surface area contributed by atoms with Crippen molar-refractivity contribution in [2.24, 2.45) is 4.99 Å². The van der Waals surface area contributed by atoms with Crippen molar-refractivity contribution in [1.29, 1.82) is 0 Å². The molecule has 9 heteroatoms. The summed E-state index contributed by atoms with van der Waals surface area (Å²) in [6.45, 7) is 1.44. The lowest BCUT2D eigenvalue weighted by atomic mass is 10.2. The maximum absolute atomic E-state index is 12.3. The van der Waals surface area contributed by atoms with Gasteiger partial charge < -0.3 is 15.1 Å². The summed E-state index contributed by atoms with van der Waals surface area (Å²) in [7, 11) is 0. The van der Waals surface area contributed by atoms with Crippen LogP contribution < -0.4 is 10.6 Å². The molecule has 2 amide bonds. The number of rotatable bonds is 4. The lowest BCUT2D eigenvalue weighted by molar-refractivity contribution is -0.115. The molecule has 3 aromatic rings. The van der Waals surface area contributed by atoms with Crippen LogP contribution in [-0.4, -0.2) is 17.0 Å². The van der Waals surface area contributed by atoms with Gasteiger partial charge in [-0.1, -0.05) is 29.3 Å². The summed E-state index contributed by atoms with van der Waals surface area (Å²) < 4.78 is 5.83. The van der Waals surface area contributed by atoms with Gasteiger partial charge in [-0.3, -0.25) is 9.59 Å². The number of aliphatic imine (C=N–C) groups is 1. The van der Waals surface area contributed by atoms with E-state index in [2.05, 4.69) is 15.6 Å². The molecule has 1 fully saturated rings. The number of nitrogens with zero attached hydrogens (tertiary/aromatic N) is 1. The molecule has 31 heavy (non-hydrogen) atoms. The van der Waals surface area contributed by atoms with Crippen molar-refractivity contribution in [2.75, 3.05) is 5.32 Å². The molecule has 1 saturated heterocycles. The smallest absolute Gasteiger partial charge is 0.264 e. The van der Waals surface area contributed by atoms with Gasteiger partial charge in [-0.2, -0.15) is 0 Å². The number of amides is 2. The van der Waals surface area contributed by atoms with E-state index in [1.165, 1.54) is 18.7 Å². The molecule has 1 aromatic heterocycles. The van der Waals surface area contributed by atoms with Gasteiger partial charge in [-0.05, 0) is 60.3 Å². The van der Waals surface area contributed by atoms with Crippen molar-refractivity contribution in [3.8, 4) is 11.3 Å². The Kier molecular flexibility index (Phi) is 6.18. The van der Waals surface area contributed by atoms with Crippen molar-refractivity contribution in [3.05, 3.63) is 75.3 Å². The number of amidine groups is 1. The Morgan fingerprint density at radius 2 is 1.81 bits per heavy atom. The van der Waals surface area contributed by atoms with Crippen molar-refractivity contribution >= 4 is 69.4 Å². The highest BCUT2D eigenvalue weighted by molar-refractivity contribution is 8.18. The largest absolute Gasteiger partial charge is 0.457 e. The normalized spacial score (nSPS) is 16.0. The summed E-state index contributed by atoms with van der Waals surface area (Å²) in [4.78, 5) is 28.3. The van der Waals surface area contributed by atoms with Gasteiger partial charge in [0.15, 0.2) is 5.17 Å². The van der Waals surface area contributed by atoms with Gasteiger partial charge in [0.05, 0.1) is 26.2 Å². The summed E-state index contributed by atoms with van der Waals surface area (Å²) in [5, 5.41) is 6.83. The van der Waals surface area contributed by atoms with Crippen LogP contribution in [0, 0.1) is 0 Å². The van der Waals surface area contributed by atoms with E-state index in [9.17, 15) is 9.59 Å². The van der Waals surface area contributed by atoms with Crippen LogP contribution in [0.25, 0.3) is 17.4 Å². The third-order valence-corrected chi connectivity index (χ3v) is 5.72. The molecule has 0 unspecified atom stereocenters. The maximum Gasteiger partial charge on any atom is 0.264 e. The van der Waals surface area contributed by atoms with E-state index < -0.39 is 0 Å². The molecule has 156 valence electrons. The molecule has 0 saturated carbocycles. The number of anilines is 1. The molecule has 2 aromatic carbocycles. The van der Waals surface area contributed by atoms with Crippen molar-refractivity contribution < 1.29 is 14.0 Å². The number of nitrogens with one attached hydrogen (secondary N) is 2. The highest BCUT2D eigenvalue weighted by Crippen LogP contribution is 2.36. The molecule has 6 nitrogen and oxygen atoms in total. The topological polar surface area (TPSA) is 83.7 Å². The third-order valence-electron chi connectivity index (χ3n) is 4.18.